The predicted molar refractivity (Wildman–Crippen MR) is 109 cm³/mol. The van der Waals surface area contributed by atoms with Crippen LogP contribution in [0.15, 0.2) is 4.99 Å². The molecule has 0 spiro atoms. The number of aliphatic imine (C=N–C) groups is 1. The molecule has 28 heavy (non-hydrogen) atoms. The molecule has 4 rings (SSSR count). The van der Waals surface area contributed by atoms with Crippen LogP contribution in [0.1, 0.15) is 56.6 Å². The average molecular weight is 390 g/mol. The van der Waals surface area contributed by atoms with Crippen molar-refractivity contribution in [3.05, 3.63) is 11.6 Å². The van der Waals surface area contributed by atoms with Gasteiger partial charge >= 0.3 is 0 Å². The molecule has 156 valence electrons. The minimum Gasteiger partial charge on any atom is -0.376 e. The summed E-state index contributed by atoms with van der Waals surface area (Å²) in [6, 6.07) is 1.26. The Labute approximate surface area is 168 Å². The Morgan fingerprint density at radius 3 is 2.75 bits per heavy atom. The quantitative estimate of drug-likeness (QED) is 0.565. The number of guanidine groups is 1. The number of nitrogens with one attached hydrogen (secondary N) is 2. The lowest BCUT2D eigenvalue weighted by molar-refractivity contribution is 0.113. The minimum absolute atomic E-state index is 0.294. The lowest BCUT2D eigenvalue weighted by atomic mass is 10.2. The normalized spacial score (nSPS) is 27.0. The predicted octanol–water partition coefficient (Wildman–Crippen LogP) is 1.35. The van der Waals surface area contributed by atoms with Crippen LogP contribution in [0, 0.1) is 6.92 Å². The van der Waals surface area contributed by atoms with Crippen molar-refractivity contribution in [2.45, 2.75) is 76.6 Å². The Balaban J connectivity index is 1.35. The molecular formula is C20H35N7O. The highest BCUT2D eigenvalue weighted by atomic mass is 16.5. The molecule has 2 aliphatic heterocycles. The standard InChI is InChI=1S/C20H35N7O/c1-15-24-25-19(26(15)2)13-22-20(21-12-18-8-5-11-28-18)23-16-9-10-27(14-16)17-6-3-4-7-17/h16-18H,3-14H2,1-2H3,(H2,21,22,23). The summed E-state index contributed by atoms with van der Waals surface area (Å²) < 4.78 is 7.76. The van der Waals surface area contributed by atoms with E-state index < -0.39 is 0 Å². The van der Waals surface area contributed by atoms with Gasteiger partial charge < -0.3 is 19.9 Å². The number of nitrogens with zero attached hydrogens (tertiary/aromatic N) is 5. The second-order valence-electron chi connectivity index (χ2n) is 8.47. The molecule has 2 saturated heterocycles. The molecule has 3 fully saturated rings. The molecule has 0 radical (unpaired) electrons. The van der Waals surface area contributed by atoms with Crippen LogP contribution in [0.2, 0.25) is 0 Å². The van der Waals surface area contributed by atoms with Crippen molar-refractivity contribution < 1.29 is 4.74 Å². The largest absolute Gasteiger partial charge is 0.376 e. The van der Waals surface area contributed by atoms with Crippen molar-refractivity contribution in [2.75, 3.05) is 26.2 Å². The SMILES string of the molecule is Cc1nnc(CN=C(NCC2CCCO2)NC2CCN(C3CCCC3)C2)n1C. The molecule has 8 nitrogen and oxygen atoms in total. The van der Waals surface area contributed by atoms with Crippen LogP contribution < -0.4 is 10.6 Å². The number of aromatic nitrogens is 3. The molecule has 0 aromatic carbocycles. The zero-order chi connectivity index (χ0) is 19.3. The van der Waals surface area contributed by atoms with Gasteiger partial charge in [0.25, 0.3) is 0 Å². The van der Waals surface area contributed by atoms with Crippen molar-refractivity contribution >= 4 is 5.96 Å². The highest BCUT2D eigenvalue weighted by molar-refractivity contribution is 5.80. The summed E-state index contributed by atoms with van der Waals surface area (Å²) in [5, 5.41) is 15.6. The van der Waals surface area contributed by atoms with Gasteiger partial charge in [-0.15, -0.1) is 10.2 Å². The molecule has 1 aliphatic carbocycles. The number of aryl methyl sites for hydroxylation is 1. The van der Waals surface area contributed by atoms with Gasteiger partial charge in [0.1, 0.15) is 12.4 Å². The van der Waals surface area contributed by atoms with Crippen LogP contribution in [0.4, 0.5) is 0 Å². The third-order valence-electron chi connectivity index (χ3n) is 6.48. The number of rotatable bonds is 6. The summed E-state index contributed by atoms with van der Waals surface area (Å²) in [6.07, 6.45) is 9.29. The van der Waals surface area contributed by atoms with Gasteiger partial charge in [-0.05, 0) is 39.0 Å². The van der Waals surface area contributed by atoms with Gasteiger partial charge in [-0.25, -0.2) is 4.99 Å². The summed E-state index contributed by atoms with van der Waals surface area (Å²) >= 11 is 0. The van der Waals surface area contributed by atoms with Crippen molar-refractivity contribution in [3.63, 3.8) is 0 Å². The zero-order valence-electron chi connectivity index (χ0n) is 17.4. The third-order valence-corrected chi connectivity index (χ3v) is 6.48. The monoisotopic (exact) mass is 389 g/mol. The van der Waals surface area contributed by atoms with Crippen LogP contribution >= 0.6 is 0 Å². The van der Waals surface area contributed by atoms with E-state index in [-0.39, 0.29) is 0 Å². The Bertz CT molecular complexity index is 662. The van der Waals surface area contributed by atoms with Crippen molar-refractivity contribution in [3.8, 4) is 0 Å². The van der Waals surface area contributed by atoms with E-state index >= 15 is 0 Å². The second-order valence-corrected chi connectivity index (χ2v) is 8.47. The first-order chi connectivity index (χ1) is 13.7. The van der Waals surface area contributed by atoms with E-state index in [1.165, 1.54) is 38.6 Å². The second kappa shape index (κ2) is 9.22. The minimum atomic E-state index is 0.294. The summed E-state index contributed by atoms with van der Waals surface area (Å²) in [4.78, 5) is 7.49. The van der Waals surface area contributed by atoms with E-state index in [9.17, 15) is 0 Å². The lowest BCUT2D eigenvalue weighted by Gasteiger charge is -2.24. The lowest BCUT2D eigenvalue weighted by Crippen LogP contribution is -2.47. The summed E-state index contributed by atoms with van der Waals surface area (Å²) in [6.45, 7) is 6.49. The fourth-order valence-corrected chi connectivity index (χ4v) is 4.61. The maximum absolute atomic E-state index is 5.76. The Morgan fingerprint density at radius 1 is 1.18 bits per heavy atom. The molecule has 0 bridgehead atoms. The molecule has 2 atom stereocenters. The molecule has 2 N–H and O–H groups in total. The molecule has 0 amide bonds. The molecule has 1 aromatic heterocycles. The van der Waals surface area contributed by atoms with Crippen molar-refractivity contribution in [2.24, 2.45) is 12.0 Å². The number of ether oxygens (including phenoxy) is 1. The van der Waals surface area contributed by atoms with E-state index in [1.807, 2.05) is 18.5 Å². The molecular weight excluding hydrogens is 354 g/mol. The summed E-state index contributed by atoms with van der Waals surface area (Å²) in [7, 11) is 1.99. The Morgan fingerprint density at radius 2 is 2.04 bits per heavy atom. The van der Waals surface area contributed by atoms with Crippen LogP contribution in [0.3, 0.4) is 0 Å². The molecule has 2 unspecified atom stereocenters. The fourth-order valence-electron chi connectivity index (χ4n) is 4.61. The van der Waals surface area contributed by atoms with Crippen LogP contribution in [0.25, 0.3) is 0 Å². The first kappa shape index (κ1) is 19.6. The Hall–Kier alpha value is -1.67. The van der Waals surface area contributed by atoms with Gasteiger partial charge in [0.2, 0.25) is 0 Å². The summed E-state index contributed by atoms with van der Waals surface area (Å²) in [5.74, 6) is 2.67. The zero-order valence-corrected chi connectivity index (χ0v) is 17.4. The molecule has 3 heterocycles. The van der Waals surface area contributed by atoms with Gasteiger partial charge in [0, 0.05) is 45.4 Å². The van der Waals surface area contributed by atoms with Crippen LogP contribution in [0.5, 0.6) is 0 Å². The van der Waals surface area contributed by atoms with Gasteiger partial charge in [-0.1, -0.05) is 12.8 Å². The van der Waals surface area contributed by atoms with Crippen molar-refractivity contribution in [1.82, 2.24) is 30.3 Å². The number of hydrogen-bond donors (Lipinski definition) is 2. The van der Waals surface area contributed by atoms with Gasteiger partial charge in [0.15, 0.2) is 11.8 Å². The van der Waals surface area contributed by atoms with E-state index in [0.29, 0.717) is 18.7 Å². The molecule has 8 heteroatoms. The highest BCUT2D eigenvalue weighted by Crippen LogP contribution is 2.26. The Kier molecular flexibility index (Phi) is 6.47. The molecule has 3 aliphatic rings. The van der Waals surface area contributed by atoms with Gasteiger partial charge in [-0.3, -0.25) is 4.90 Å². The maximum Gasteiger partial charge on any atom is 0.192 e. The van der Waals surface area contributed by atoms with E-state index in [0.717, 1.165) is 56.2 Å². The topological polar surface area (TPSA) is 79.6 Å². The smallest absolute Gasteiger partial charge is 0.192 e. The number of likely N-dealkylation sites (tertiary alicyclic amines) is 1. The maximum atomic E-state index is 5.76. The average Bonchev–Trinajstić information content (AvgIpc) is 3.48. The van der Waals surface area contributed by atoms with Crippen LogP contribution in [-0.2, 0) is 18.3 Å². The third kappa shape index (κ3) is 4.84. The van der Waals surface area contributed by atoms with Crippen molar-refractivity contribution in [1.29, 1.82) is 0 Å². The first-order valence-corrected chi connectivity index (χ1v) is 10.9. The van der Waals surface area contributed by atoms with Crippen LogP contribution in [-0.4, -0.2) is 70.1 Å². The molecule has 1 aromatic rings. The van der Waals surface area contributed by atoms with E-state index in [2.05, 4.69) is 25.7 Å². The molecule has 1 saturated carbocycles. The highest BCUT2D eigenvalue weighted by Gasteiger charge is 2.30. The number of hydrogen-bond acceptors (Lipinski definition) is 5. The summed E-state index contributed by atoms with van der Waals surface area (Å²) in [5.41, 5.74) is 0. The fraction of sp³-hybridized carbons (Fsp3) is 0.850. The van der Waals surface area contributed by atoms with Gasteiger partial charge in [0.05, 0.1) is 6.10 Å². The van der Waals surface area contributed by atoms with E-state index in [1.54, 1.807) is 0 Å². The van der Waals surface area contributed by atoms with E-state index in [4.69, 9.17) is 9.73 Å². The van der Waals surface area contributed by atoms with Gasteiger partial charge in [-0.2, -0.15) is 0 Å². The first-order valence-electron chi connectivity index (χ1n) is 10.9.